The van der Waals surface area contributed by atoms with Gasteiger partial charge in [-0.1, -0.05) is 24.3 Å². The number of halogens is 2. The monoisotopic (exact) mass is 408 g/mol. The third-order valence-corrected chi connectivity index (χ3v) is 4.66. The zero-order valence-electron chi connectivity index (χ0n) is 15.7. The molecule has 7 N–H and O–H groups in total. The molecular weight excluding hydrogens is 390 g/mol. The largest absolute Gasteiger partial charge is 0.382 e. The Kier molecular flexibility index (Phi) is 5.03. The highest BCUT2D eigenvalue weighted by atomic mass is 19.1. The van der Waals surface area contributed by atoms with Crippen molar-refractivity contribution in [1.29, 1.82) is 0 Å². The maximum atomic E-state index is 14.7. The van der Waals surface area contributed by atoms with Crippen molar-refractivity contribution in [2.45, 2.75) is 6.54 Å². The second-order valence-corrected chi connectivity index (χ2v) is 6.63. The van der Waals surface area contributed by atoms with Gasteiger partial charge in [-0.15, -0.1) is 0 Å². The number of nitrogen functional groups attached to an aromatic ring is 1. The number of aromatic nitrogens is 2. The molecule has 9 heteroatoms. The van der Waals surface area contributed by atoms with Crippen LogP contribution in [0.5, 0.6) is 0 Å². The Labute approximate surface area is 170 Å². The molecule has 30 heavy (non-hydrogen) atoms. The van der Waals surface area contributed by atoms with Gasteiger partial charge in [0.05, 0.1) is 22.3 Å². The summed E-state index contributed by atoms with van der Waals surface area (Å²) in [7, 11) is 0. The molecule has 0 unspecified atom stereocenters. The lowest BCUT2D eigenvalue weighted by atomic mass is 10.0. The van der Waals surface area contributed by atoms with Crippen LogP contribution in [0.2, 0.25) is 0 Å². The Morgan fingerprint density at radius 2 is 1.80 bits per heavy atom. The molecule has 3 aromatic carbocycles. The van der Waals surface area contributed by atoms with Gasteiger partial charge in [-0.2, -0.15) is 5.10 Å². The standard InChI is InChI=1S/C21H18F2N6O/c22-14-6-4-11(10-24)8-18(14)27-21(30)26-16-7-5-12(9-15(16)23)13-2-1-3-17-19(13)20(25)29-28-17/h1-9H,10,24H2,(H3,25,28,29)(H2,26,27,30). The van der Waals surface area contributed by atoms with Crippen LogP contribution in [0, 0.1) is 11.6 Å². The van der Waals surface area contributed by atoms with Gasteiger partial charge in [-0.25, -0.2) is 13.6 Å². The van der Waals surface area contributed by atoms with Gasteiger partial charge in [0.25, 0.3) is 0 Å². The molecule has 4 aromatic rings. The van der Waals surface area contributed by atoms with Gasteiger partial charge >= 0.3 is 6.03 Å². The molecular formula is C21H18F2N6O. The van der Waals surface area contributed by atoms with Gasteiger partial charge < -0.3 is 22.1 Å². The van der Waals surface area contributed by atoms with Crippen molar-refractivity contribution in [2.75, 3.05) is 16.4 Å². The highest BCUT2D eigenvalue weighted by molar-refractivity contribution is 6.02. The SMILES string of the molecule is NCc1ccc(F)c(NC(=O)Nc2ccc(-c3cccc4[nH]nc(N)c34)cc2F)c1. The molecule has 0 saturated heterocycles. The van der Waals surface area contributed by atoms with E-state index in [9.17, 15) is 13.6 Å². The molecule has 152 valence electrons. The van der Waals surface area contributed by atoms with E-state index in [-0.39, 0.29) is 17.9 Å². The van der Waals surface area contributed by atoms with E-state index in [1.807, 2.05) is 6.07 Å². The molecule has 0 aliphatic rings. The molecule has 0 fully saturated rings. The van der Waals surface area contributed by atoms with E-state index in [4.69, 9.17) is 11.5 Å². The quantitative estimate of drug-likeness (QED) is 0.347. The number of nitrogens with one attached hydrogen (secondary N) is 3. The van der Waals surface area contributed by atoms with Gasteiger partial charge in [-0.3, -0.25) is 5.10 Å². The summed E-state index contributed by atoms with van der Waals surface area (Å²) in [5.74, 6) is -0.966. The number of H-pyrrole nitrogens is 1. The van der Waals surface area contributed by atoms with E-state index in [0.717, 1.165) is 5.52 Å². The third-order valence-electron chi connectivity index (χ3n) is 4.66. The Morgan fingerprint density at radius 3 is 2.57 bits per heavy atom. The smallest absolute Gasteiger partial charge is 0.323 e. The highest BCUT2D eigenvalue weighted by Crippen LogP contribution is 2.32. The molecule has 1 heterocycles. The number of hydrogen-bond acceptors (Lipinski definition) is 4. The summed E-state index contributed by atoms with van der Waals surface area (Å²) in [6.07, 6.45) is 0. The van der Waals surface area contributed by atoms with Crippen molar-refractivity contribution in [3.63, 3.8) is 0 Å². The van der Waals surface area contributed by atoms with E-state index in [1.54, 1.807) is 18.2 Å². The topological polar surface area (TPSA) is 122 Å². The summed E-state index contributed by atoms with van der Waals surface area (Å²) >= 11 is 0. The van der Waals surface area contributed by atoms with Crippen molar-refractivity contribution in [3.8, 4) is 11.1 Å². The molecule has 0 atom stereocenters. The van der Waals surface area contributed by atoms with Crippen LogP contribution in [0.1, 0.15) is 5.56 Å². The van der Waals surface area contributed by atoms with Gasteiger partial charge in [-0.05, 0) is 47.0 Å². The first-order valence-corrected chi connectivity index (χ1v) is 9.05. The maximum absolute atomic E-state index is 14.7. The lowest BCUT2D eigenvalue weighted by Gasteiger charge is -2.11. The Hall–Kier alpha value is -3.98. The number of benzene rings is 3. The number of fused-ring (bicyclic) bond motifs is 1. The molecule has 0 radical (unpaired) electrons. The summed E-state index contributed by atoms with van der Waals surface area (Å²) in [6, 6.07) is 13.1. The van der Waals surface area contributed by atoms with Crippen LogP contribution < -0.4 is 22.1 Å². The molecule has 0 aliphatic heterocycles. The van der Waals surface area contributed by atoms with Crippen LogP contribution >= 0.6 is 0 Å². The van der Waals surface area contributed by atoms with Crippen molar-refractivity contribution >= 4 is 34.1 Å². The van der Waals surface area contributed by atoms with Gasteiger partial charge in [0, 0.05) is 6.54 Å². The molecule has 0 aliphatic carbocycles. The predicted molar refractivity (Wildman–Crippen MR) is 113 cm³/mol. The van der Waals surface area contributed by atoms with E-state index in [2.05, 4.69) is 20.8 Å². The normalized spacial score (nSPS) is 10.9. The summed E-state index contributed by atoms with van der Waals surface area (Å²) in [5, 5.41) is 12.2. The summed E-state index contributed by atoms with van der Waals surface area (Å²) in [6.45, 7) is 0.195. The average Bonchev–Trinajstić information content (AvgIpc) is 3.12. The fourth-order valence-corrected chi connectivity index (χ4v) is 3.19. The first-order chi connectivity index (χ1) is 14.5. The molecule has 4 rings (SSSR count). The number of carbonyl (C=O) groups excluding carboxylic acids is 1. The second-order valence-electron chi connectivity index (χ2n) is 6.63. The van der Waals surface area contributed by atoms with E-state index >= 15 is 0 Å². The molecule has 2 amide bonds. The van der Waals surface area contributed by atoms with E-state index in [0.29, 0.717) is 27.9 Å². The van der Waals surface area contributed by atoms with Gasteiger partial charge in [0.1, 0.15) is 11.6 Å². The van der Waals surface area contributed by atoms with Gasteiger partial charge in [0.15, 0.2) is 5.82 Å². The number of hydrogen-bond donors (Lipinski definition) is 5. The van der Waals surface area contributed by atoms with Gasteiger partial charge in [0.2, 0.25) is 0 Å². The number of nitrogens with two attached hydrogens (primary N) is 2. The minimum absolute atomic E-state index is 0.0467. The highest BCUT2D eigenvalue weighted by Gasteiger charge is 2.14. The molecule has 7 nitrogen and oxygen atoms in total. The summed E-state index contributed by atoms with van der Waals surface area (Å²) < 4.78 is 28.6. The maximum Gasteiger partial charge on any atom is 0.323 e. The number of urea groups is 1. The van der Waals surface area contributed by atoms with E-state index < -0.39 is 17.7 Å². The van der Waals surface area contributed by atoms with Crippen LogP contribution in [0.25, 0.3) is 22.0 Å². The first-order valence-electron chi connectivity index (χ1n) is 9.05. The fourth-order valence-electron chi connectivity index (χ4n) is 3.19. The third kappa shape index (κ3) is 3.65. The van der Waals surface area contributed by atoms with E-state index in [1.165, 1.54) is 30.3 Å². The van der Waals surface area contributed by atoms with Crippen molar-refractivity contribution in [2.24, 2.45) is 5.73 Å². The number of carbonyl (C=O) groups is 1. The number of anilines is 3. The number of aromatic amines is 1. The Morgan fingerprint density at radius 1 is 1.00 bits per heavy atom. The minimum Gasteiger partial charge on any atom is -0.382 e. The number of nitrogens with zero attached hydrogens (tertiary/aromatic N) is 1. The van der Waals surface area contributed by atoms with Crippen LogP contribution in [-0.2, 0) is 6.54 Å². The Balaban J connectivity index is 1.57. The zero-order valence-corrected chi connectivity index (χ0v) is 15.7. The minimum atomic E-state index is -0.782. The molecule has 0 bridgehead atoms. The Bertz CT molecular complexity index is 1250. The average molecular weight is 408 g/mol. The van der Waals surface area contributed by atoms with Crippen LogP contribution in [0.3, 0.4) is 0 Å². The van der Waals surface area contributed by atoms with Crippen molar-refractivity contribution in [1.82, 2.24) is 10.2 Å². The van der Waals surface area contributed by atoms with Crippen LogP contribution in [0.15, 0.2) is 54.6 Å². The predicted octanol–water partition coefficient (Wildman–Crippen LogP) is 4.19. The lowest BCUT2D eigenvalue weighted by molar-refractivity contribution is 0.262. The second kappa shape index (κ2) is 7.80. The number of amides is 2. The number of rotatable bonds is 4. The molecule has 1 aromatic heterocycles. The summed E-state index contributed by atoms with van der Waals surface area (Å²) in [4.78, 5) is 12.2. The van der Waals surface area contributed by atoms with Crippen molar-refractivity contribution in [3.05, 3.63) is 71.8 Å². The van der Waals surface area contributed by atoms with Crippen LogP contribution in [-0.4, -0.2) is 16.2 Å². The molecule has 0 saturated carbocycles. The van der Waals surface area contributed by atoms with Crippen LogP contribution in [0.4, 0.5) is 30.8 Å². The zero-order chi connectivity index (χ0) is 21.3. The molecule has 0 spiro atoms. The fraction of sp³-hybridized carbons (Fsp3) is 0.0476. The summed E-state index contributed by atoms with van der Waals surface area (Å²) in [5.41, 5.74) is 14.0. The first kappa shape index (κ1) is 19.3. The lowest BCUT2D eigenvalue weighted by Crippen LogP contribution is -2.21. The van der Waals surface area contributed by atoms with Crippen molar-refractivity contribution < 1.29 is 13.6 Å².